The van der Waals surface area contributed by atoms with Crippen molar-refractivity contribution in [3.8, 4) is 5.75 Å². The smallest absolute Gasteiger partial charge is 0.167 e. The SMILES string of the molecule is Cc1cccc(OCc2cccc(C(N)=S)c2)c1F. The van der Waals surface area contributed by atoms with Crippen LogP contribution < -0.4 is 10.5 Å². The van der Waals surface area contributed by atoms with E-state index in [2.05, 4.69) is 0 Å². The number of ether oxygens (including phenoxy) is 1. The molecule has 2 rings (SSSR count). The van der Waals surface area contributed by atoms with Crippen molar-refractivity contribution in [2.75, 3.05) is 0 Å². The van der Waals surface area contributed by atoms with E-state index in [9.17, 15) is 4.39 Å². The molecule has 0 heterocycles. The van der Waals surface area contributed by atoms with E-state index in [1.165, 1.54) is 0 Å². The zero-order valence-corrected chi connectivity index (χ0v) is 11.3. The van der Waals surface area contributed by atoms with E-state index in [0.29, 0.717) is 10.6 Å². The monoisotopic (exact) mass is 275 g/mol. The van der Waals surface area contributed by atoms with E-state index in [1.807, 2.05) is 24.3 Å². The summed E-state index contributed by atoms with van der Waals surface area (Å²) < 4.78 is 19.2. The molecular weight excluding hydrogens is 261 g/mol. The highest BCUT2D eigenvalue weighted by molar-refractivity contribution is 7.80. The molecule has 0 unspecified atom stereocenters. The Morgan fingerprint density at radius 2 is 2.00 bits per heavy atom. The Morgan fingerprint density at radius 3 is 2.74 bits per heavy atom. The van der Waals surface area contributed by atoms with Gasteiger partial charge in [0.1, 0.15) is 11.6 Å². The number of thiocarbonyl (C=S) groups is 1. The second-order valence-corrected chi connectivity index (χ2v) is 4.68. The summed E-state index contributed by atoms with van der Waals surface area (Å²) in [6.07, 6.45) is 0. The molecule has 98 valence electrons. The van der Waals surface area contributed by atoms with Crippen LogP contribution in [-0.4, -0.2) is 4.99 Å². The van der Waals surface area contributed by atoms with Crippen LogP contribution in [0.15, 0.2) is 42.5 Å². The average molecular weight is 275 g/mol. The fourth-order valence-electron chi connectivity index (χ4n) is 1.71. The van der Waals surface area contributed by atoms with Gasteiger partial charge in [-0.1, -0.05) is 42.5 Å². The Labute approximate surface area is 117 Å². The highest BCUT2D eigenvalue weighted by Crippen LogP contribution is 2.21. The van der Waals surface area contributed by atoms with Crippen molar-refractivity contribution in [1.29, 1.82) is 0 Å². The largest absolute Gasteiger partial charge is 0.486 e. The minimum atomic E-state index is -0.326. The minimum Gasteiger partial charge on any atom is -0.486 e. The number of benzene rings is 2. The van der Waals surface area contributed by atoms with Crippen LogP contribution in [-0.2, 0) is 6.61 Å². The van der Waals surface area contributed by atoms with Gasteiger partial charge in [-0.05, 0) is 30.2 Å². The number of aryl methyl sites for hydroxylation is 1. The molecule has 2 aromatic carbocycles. The van der Waals surface area contributed by atoms with Crippen LogP contribution in [0.2, 0.25) is 0 Å². The molecule has 19 heavy (non-hydrogen) atoms. The van der Waals surface area contributed by atoms with Crippen molar-refractivity contribution in [2.24, 2.45) is 5.73 Å². The Balaban J connectivity index is 2.12. The Kier molecular flexibility index (Phi) is 4.12. The molecule has 0 aromatic heterocycles. The van der Waals surface area contributed by atoms with Crippen molar-refractivity contribution in [3.63, 3.8) is 0 Å². The Bertz CT molecular complexity index is 613. The molecule has 0 aliphatic rings. The maximum Gasteiger partial charge on any atom is 0.167 e. The third-order valence-corrected chi connectivity index (χ3v) is 3.00. The summed E-state index contributed by atoms with van der Waals surface area (Å²) in [5, 5.41) is 0. The summed E-state index contributed by atoms with van der Waals surface area (Å²) in [6, 6.07) is 12.5. The van der Waals surface area contributed by atoms with Gasteiger partial charge in [-0.3, -0.25) is 0 Å². The van der Waals surface area contributed by atoms with E-state index in [0.717, 1.165) is 11.1 Å². The molecule has 0 radical (unpaired) electrons. The van der Waals surface area contributed by atoms with Gasteiger partial charge >= 0.3 is 0 Å². The van der Waals surface area contributed by atoms with Crippen molar-refractivity contribution in [3.05, 3.63) is 65.0 Å². The molecule has 0 saturated heterocycles. The molecule has 0 aliphatic heterocycles. The first-order valence-electron chi connectivity index (χ1n) is 5.84. The van der Waals surface area contributed by atoms with E-state index in [4.69, 9.17) is 22.7 Å². The molecule has 0 fully saturated rings. The fourth-order valence-corrected chi connectivity index (χ4v) is 1.83. The first-order chi connectivity index (χ1) is 9.08. The van der Waals surface area contributed by atoms with Crippen LogP contribution in [0.4, 0.5) is 4.39 Å². The number of rotatable bonds is 4. The second kappa shape index (κ2) is 5.80. The van der Waals surface area contributed by atoms with Gasteiger partial charge in [-0.2, -0.15) is 0 Å². The van der Waals surface area contributed by atoms with Crippen LogP contribution >= 0.6 is 12.2 Å². The van der Waals surface area contributed by atoms with Gasteiger partial charge in [0.2, 0.25) is 0 Å². The van der Waals surface area contributed by atoms with Gasteiger partial charge in [0.15, 0.2) is 11.6 Å². The van der Waals surface area contributed by atoms with E-state index >= 15 is 0 Å². The number of nitrogens with two attached hydrogens (primary N) is 1. The third kappa shape index (κ3) is 3.29. The Hall–Kier alpha value is -1.94. The highest BCUT2D eigenvalue weighted by atomic mass is 32.1. The van der Waals surface area contributed by atoms with Crippen LogP contribution in [0, 0.1) is 12.7 Å². The average Bonchev–Trinajstić information content (AvgIpc) is 2.41. The zero-order valence-electron chi connectivity index (χ0n) is 10.5. The third-order valence-electron chi connectivity index (χ3n) is 2.76. The fraction of sp³-hybridized carbons (Fsp3) is 0.133. The van der Waals surface area contributed by atoms with Crippen molar-refractivity contribution in [2.45, 2.75) is 13.5 Å². The predicted octanol–water partition coefficient (Wildman–Crippen LogP) is 3.35. The summed E-state index contributed by atoms with van der Waals surface area (Å²) in [4.78, 5) is 0.337. The molecule has 2 nitrogen and oxygen atoms in total. The van der Waals surface area contributed by atoms with Crippen LogP contribution in [0.25, 0.3) is 0 Å². The lowest BCUT2D eigenvalue weighted by Gasteiger charge is -2.09. The summed E-state index contributed by atoms with van der Waals surface area (Å²) in [6.45, 7) is 1.98. The number of hydrogen-bond acceptors (Lipinski definition) is 2. The maximum absolute atomic E-state index is 13.7. The molecule has 2 N–H and O–H groups in total. The first kappa shape index (κ1) is 13.5. The summed E-state index contributed by atoms with van der Waals surface area (Å²) in [7, 11) is 0. The van der Waals surface area contributed by atoms with Crippen LogP contribution in [0.5, 0.6) is 5.75 Å². The van der Waals surface area contributed by atoms with Gasteiger partial charge in [0, 0.05) is 5.56 Å². The van der Waals surface area contributed by atoms with Gasteiger partial charge in [0.25, 0.3) is 0 Å². The van der Waals surface area contributed by atoms with Crippen LogP contribution in [0.1, 0.15) is 16.7 Å². The lowest BCUT2D eigenvalue weighted by atomic mass is 10.1. The minimum absolute atomic E-state index is 0.251. The normalized spacial score (nSPS) is 10.2. The summed E-state index contributed by atoms with van der Waals surface area (Å²) in [5.41, 5.74) is 7.80. The van der Waals surface area contributed by atoms with Crippen molar-refractivity contribution < 1.29 is 9.13 Å². The van der Waals surface area contributed by atoms with Gasteiger partial charge in [-0.15, -0.1) is 0 Å². The maximum atomic E-state index is 13.7. The molecule has 2 aromatic rings. The van der Waals surface area contributed by atoms with Crippen molar-refractivity contribution >= 4 is 17.2 Å². The zero-order chi connectivity index (χ0) is 13.8. The lowest BCUT2D eigenvalue weighted by Crippen LogP contribution is -2.09. The van der Waals surface area contributed by atoms with Crippen molar-refractivity contribution in [1.82, 2.24) is 0 Å². The summed E-state index contributed by atoms with van der Waals surface area (Å²) in [5.74, 6) is -0.0753. The molecular formula is C15H14FNOS. The van der Waals surface area contributed by atoms with Gasteiger partial charge in [-0.25, -0.2) is 4.39 Å². The first-order valence-corrected chi connectivity index (χ1v) is 6.25. The molecule has 0 amide bonds. The van der Waals surface area contributed by atoms with Gasteiger partial charge in [0.05, 0.1) is 0 Å². The van der Waals surface area contributed by atoms with Gasteiger partial charge < -0.3 is 10.5 Å². The highest BCUT2D eigenvalue weighted by Gasteiger charge is 2.06. The predicted molar refractivity (Wildman–Crippen MR) is 77.8 cm³/mol. The van der Waals surface area contributed by atoms with Crippen LogP contribution in [0.3, 0.4) is 0 Å². The molecule has 0 bridgehead atoms. The summed E-state index contributed by atoms with van der Waals surface area (Å²) >= 11 is 4.91. The topological polar surface area (TPSA) is 35.2 Å². The van der Waals surface area contributed by atoms with E-state index in [-0.39, 0.29) is 18.2 Å². The second-order valence-electron chi connectivity index (χ2n) is 4.24. The molecule has 0 atom stereocenters. The standard InChI is InChI=1S/C15H14FNOS/c1-10-4-2-7-13(14(10)16)18-9-11-5-3-6-12(8-11)15(17)19/h2-8H,9H2,1H3,(H2,17,19). The number of hydrogen-bond donors (Lipinski definition) is 1. The molecule has 0 spiro atoms. The molecule has 4 heteroatoms. The van der Waals surface area contributed by atoms with E-state index < -0.39 is 0 Å². The molecule has 0 saturated carbocycles. The quantitative estimate of drug-likeness (QED) is 0.869. The van der Waals surface area contributed by atoms with E-state index in [1.54, 1.807) is 25.1 Å². The molecule has 0 aliphatic carbocycles. The lowest BCUT2D eigenvalue weighted by molar-refractivity contribution is 0.289. The Morgan fingerprint density at radius 1 is 1.26 bits per heavy atom. The number of halogens is 1.